The second-order valence-corrected chi connectivity index (χ2v) is 10.8. The Morgan fingerprint density at radius 1 is 0.250 bits per heavy atom. The predicted molar refractivity (Wildman–Crippen MR) is 150 cm³/mol. The molecule has 0 nitrogen and oxygen atoms in total. The molecule has 0 amide bonds. The molecule has 0 spiro atoms. The molecule has 32 heavy (non-hydrogen) atoms. The largest absolute Gasteiger partial charge is 0.0654 e. The number of hydrogen-bond acceptors (Lipinski definition) is 0. The van der Waals surface area contributed by atoms with E-state index in [0.717, 1.165) is 6.42 Å². The maximum atomic E-state index is 3.92. The first-order chi connectivity index (χ1) is 15.9. The SMILES string of the molecule is [CH2]CCCCCCCCCCCCCCCCCCCCCCCCCCCCCCC. The molecule has 0 heterocycles. The first kappa shape index (κ1) is 32.0. The molecule has 193 valence electrons. The minimum absolute atomic E-state index is 1.12. The van der Waals surface area contributed by atoms with Gasteiger partial charge >= 0.3 is 0 Å². The zero-order chi connectivity index (χ0) is 23.2. The Hall–Kier alpha value is 0. The lowest BCUT2D eigenvalue weighted by Crippen LogP contribution is -1.85. The molecule has 1 radical (unpaired) electrons. The molecule has 0 unspecified atom stereocenters. The van der Waals surface area contributed by atoms with Crippen LogP contribution >= 0.6 is 0 Å². The molecular weight excluding hydrogens is 384 g/mol. The molecule has 0 atom stereocenters. The Balaban J connectivity index is 2.98. The van der Waals surface area contributed by atoms with E-state index in [-0.39, 0.29) is 0 Å². The topological polar surface area (TPSA) is 0 Å². The minimum atomic E-state index is 1.12. The zero-order valence-electron chi connectivity index (χ0n) is 22.9. The first-order valence-corrected chi connectivity index (χ1v) is 15.7. The Morgan fingerprint density at radius 3 is 0.562 bits per heavy atom. The molecule has 0 bridgehead atoms. The van der Waals surface area contributed by atoms with Crippen LogP contribution < -0.4 is 0 Å². The van der Waals surface area contributed by atoms with Gasteiger partial charge in [-0.1, -0.05) is 206 Å². The van der Waals surface area contributed by atoms with Gasteiger partial charge in [-0.05, 0) is 0 Å². The van der Waals surface area contributed by atoms with Crippen molar-refractivity contribution in [3.05, 3.63) is 6.92 Å². The van der Waals surface area contributed by atoms with Crippen molar-refractivity contribution in [3.8, 4) is 0 Å². The normalized spacial score (nSPS) is 11.4. The van der Waals surface area contributed by atoms with Crippen molar-refractivity contribution in [2.45, 2.75) is 200 Å². The van der Waals surface area contributed by atoms with Crippen LogP contribution in [0.2, 0.25) is 0 Å². The lowest BCUT2D eigenvalue weighted by Gasteiger charge is -2.04. The van der Waals surface area contributed by atoms with E-state index < -0.39 is 0 Å². The van der Waals surface area contributed by atoms with Crippen molar-refractivity contribution >= 4 is 0 Å². The van der Waals surface area contributed by atoms with Gasteiger partial charge in [-0.25, -0.2) is 0 Å². The molecule has 0 heteroatoms. The molecule has 0 aliphatic carbocycles. The van der Waals surface area contributed by atoms with E-state index in [1.165, 1.54) is 186 Å². The molecule has 0 aromatic carbocycles. The van der Waals surface area contributed by atoms with Crippen LogP contribution in [0.1, 0.15) is 200 Å². The van der Waals surface area contributed by atoms with E-state index in [1.54, 1.807) is 0 Å². The van der Waals surface area contributed by atoms with Crippen molar-refractivity contribution in [2.24, 2.45) is 0 Å². The Bertz CT molecular complexity index is 264. The minimum Gasteiger partial charge on any atom is -0.0654 e. The highest BCUT2D eigenvalue weighted by molar-refractivity contribution is 4.52. The molecule has 0 fully saturated rings. The van der Waals surface area contributed by atoms with E-state index in [1.807, 2.05) is 0 Å². The van der Waals surface area contributed by atoms with E-state index in [4.69, 9.17) is 0 Å². The van der Waals surface area contributed by atoms with Gasteiger partial charge in [0.15, 0.2) is 0 Å². The second-order valence-electron chi connectivity index (χ2n) is 10.8. The highest BCUT2D eigenvalue weighted by Gasteiger charge is 1.96. The Labute approximate surface area is 206 Å². The standard InChI is InChI=1S/C32H65/c1-3-5-7-9-11-13-15-17-19-21-23-25-27-29-31-32-30-28-26-24-22-20-18-16-14-12-10-8-6-4-2/h1,3-32H2,2H3. The summed E-state index contributed by atoms with van der Waals surface area (Å²) in [5.41, 5.74) is 0. The summed E-state index contributed by atoms with van der Waals surface area (Å²) < 4.78 is 0. The lowest BCUT2D eigenvalue weighted by atomic mass is 10.0. The lowest BCUT2D eigenvalue weighted by molar-refractivity contribution is 0.513. The van der Waals surface area contributed by atoms with Gasteiger partial charge in [-0.2, -0.15) is 0 Å². The van der Waals surface area contributed by atoms with Crippen LogP contribution in [0.4, 0.5) is 0 Å². The van der Waals surface area contributed by atoms with Gasteiger partial charge in [-0.3, -0.25) is 0 Å². The molecule has 0 aliphatic heterocycles. The quantitative estimate of drug-likeness (QED) is 0.0995. The molecule has 0 saturated heterocycles. The molecule has 0 saturated carbocycles. The summed E-state index contributed by atoms with van der Waals surface area (Å²) in [6.45, 7) is 6.23. The third-order valence-corrected chi connectivity index (χ3v) is 7.35. The van der Waals surface area contributed by atoms with Crippen LogP contribution in [0.25, 0.3) is 0 Å². The molecule has 0 rings (SSSR count). The maximum Gasteiger partial charge on any atom is -0.0533 e. The van der Waals surface area contributed by atoms with E-state index in [9.17, 15) is 0 Å². The summed E-state index contributed by atoms with van der Waals surface area (Å²) in [6.07, 6.45) is 43.8. The summed E-state index contributed by atoms with van der Waals surface area (Å²) in [6, 6.07) is 0. The van der Waals surface area contributed by atoms with Crippen LogP contribution in [-0.4, -0.2) is 0 Å². The number of hydrogen-bond donors (Lipinski definition) is 0. The van der Waals surface area contributed by atoms with Crippen molar-refractivity contribution in [3.63, 3.8) is 0 Å². The molecule has 0 aromatic heterocycles. The molecule has 0 N–H and O–H groups in total. The van der Waals surface area contributed by atoms with Crippen LogP contribution in [-0.2, 0) is 0 Å². The molecule has 0 aromatic rings. The van der Waals surface area contributed by atoms with Gasteiger partial charge in [0.2, 0.25) is 0 Å². The molecular formula is C32H65. The van der Waals surface area contributed by atoms with Gasteiger partial charge in [0.1, 0.15) is 0 Å². The van der Waals surface area contributed by atoms with E-state index in [2.05, 4.69) is 13.8 Å². The fraction of sp³-hybridized carbons (Fsp3) is 0.969. The zero-order valence-corrected chi connectivity index (χ0v) is 22.9. The van der Waals surface area contributed by atoms with Crippen LogP contribution in [0.5, 0.6) is 0 Å². The second kappa shape index (κ2) is 31.0. The summed E-state index contributed by atoms with van der Waals surface area (Å²) >= 11 is 0. The summed E-state index contributed by atoms with van der Waals surface area (Å²) in [4.78, 5) is 0. The van der Waals surface area contributed by atoms with Crippen molar-refractivity contribution in [1.82, 2.24) is 0 Å². The number of unbranched alkanes of at least 4 members (excludes halogenated alkanes) is 29. The average molecular weight is 450 g/mol. The van der Waals surface area contributed by atoms with Gasteiger partial charge in [0.05, 0.1) is 0 Å². The van der Waals surface area contributed by atoms with Gasteiger partial charge in [0, 0.05) is 0 Å². The van der Waals surface area contributed by atoms with Crippen molar-refractivity contribution in [1.29, 1.82) is 0 Å². The first-order valence-electron chi connectivity index (χ1n) is 15.7. The smallest absolute Gasteiger partial charge is 0.0533 e. The average Bonchev–Trinajstić information content (AvgIpc) is 2.81. The summed E-state index contributed by atoms with van der Waals surface area (Å²) in [5, 5.41) is 0. The fourth-order valence-electron chi connectivity index (χ4n) is 5.02. The van der Waals surface area contributed by atoms with Gasteiger partial charge < -0.3 is 0 Å². The third-order valence-electron chi connectivity index (χ3n) is 7.35. The molecule has 0 aliphatic rings. The van der Waals surface area contributed by atoms with Crippen LogP contribution in [0.3, 0.4) is 0 Å². The Morgan fingerprint density at radius 2 is 0.406 bits per heavy atom. The highest BCUT2D eigenvalue weighted by Crippen LogP contribution is 2.16. The predicted octanol–water partition coefficient (Wildman–Crippen LogP) is 12.5. The summed E-state index contributed by atoms with van der Waals surface area (Å²) in [5.74, 6) is 0. The highest BCUT2D eigenvalue weighted by atomic mass is 14.0. The fourth-order valence-corrected chi connectivity index (χ4v) is 5.02. The van der Waals surface area contributed by atoms with Crippen molar-refractivity contribution < 1.29 is 0 Å². The van der Waals surface area contributed by atoms with Gasteiger partial charge in [-0.15, -0.1) is 0 Å². The van der Waals surface area contributed by atoms with Crippen molar-refractivity contribution in [2.75, 3.05) is 0 Å². The van der Waals surface area contributed by atoms with Gasteiger partial charge in [0.25, 0.3) is 0 Å². The van der Waals surface area contributed by atoms with Crippen LogP contribution in [0.15, 0.2) is 0 Å². The Kier molecular flexibility index (Phi) is 31.0. The monoisotopic (exact) mass is 450 g/mol. The maximum absolute atomic E-state index is 3.92. The van der Waals surface area contributed by atoms with E-state index in [0.29, 0.717) is 0 Å². The van der Waals surface area contributed by atoms with E-state index >= 15 is 0 Å². The number of rotatable bonds is 29. The summed E-state index contributed by atoms with van der Waals surface area (Å²) in [7, 11) is 0. The van der Waals surface area contributed by atoms with Crippen LogP contribution in [0, 0.1) is 6.92 Å². The third kappa shape index (κ3) is 30.0.